The third kappa shape index (κ3) is 4.27. The summed E-state index contributed by atoms with van der Waals surface area (Å²) in [5.74, 6) is 0.685. The first-order chi connectivity index (χ1) is 9.08. The van der Waals surface area contributed by atoms with E-state index in [1.807, 2.05) is 4.90 Å². The van der Waals surface area contributed by atoms with Crippen LogP contribution in [0.25, 0.3) is 0 Å². The summed E-state index contributed by atoms with van der Waals surface area (Å²) < 4.78 is 5.49. The molecular formula is C14H20Cl2N2O2. The molecule has 1 saturated heterocycles. The first-order valence-electron chi connectivity index (χ1n) is 6.49. The number of benzene rings is 1. The largest absolute Gasteiger partial charge is 0.484 e. The van der Waals surface area contributed by atoms with Gasteiger partial charge >= 0.3 is 0 Å². The van der Waals surface area contributed by atoms with Crippen molar-refractivity contribution >= 4 is 29.9 Å². The number of hydrogen-bond donors (Lipinski definition) is 1. The highest BCUT2D eigenvalue weighted by Gasteiger charge is 2.28. The standard InChI is InChI=1S/C14H19ClN2O2.ClH/c1-10-11(2)17(8-7-16-10)14(18)9-19-13-5-3-12(15)4-6-13;/h3-6,10-11,16H,7-9H2,1-2H3;1H. The molecule has 1 aliphatic heterocycles. The van der Waals surface area contributed by atoms with Crippen molar-refractivity contribution in [2.45, 2.75) is 25.9 Å². The number of nitrogens with zero attached hydrogens (tertiary/aromatic N) is 1. The van der Waals surface area contributed by atoms with E-state index in [1.54, 1.807) is 24.3 Å². The average molecular weight is 319 g/mol. The molecule has 4 nitrogen and oxygen atoms in total. The summed E-state index contributed by atoms with van der Waals surface area (Å²) in [5.41, 5.74) is 0. The summed E-state index contributed by atoms with van der Waals surface area (Å²) >= 11 is 5.79. The van der Waals surface area contributed by atoms with E-state index in [9.17, 15) is 4.79 Å². The van der Waals surface area contributed by atoms with Gasteiger partial charge in [-0.1, -0.05) is 11.6 Å². The van der Waals surface area contributed by atoms with Gasteiger partial charge in [-0.05, 0) is 38.1 Å². The predicted molar refractivity (Wildman–Crippen MR) is 82.8 cm³/mol. The Balaban J connectivity index is 0.00000200. The first-order valence-corrected chi connectivity index (χ1v) is 6.87. The lowest BCUT2D eigenvalue weighted by Gasteiger charge is -2.38. The average Bonchev–Trinajstić information content (AvgIpc) is 2.41. The van der Waals surface area contributed by atoms with Crippen LogP contribution in [-0.2, 0) is 4.79 Å². The molecule has 1 N–H and O–H groups in total. The summed E-state index contributed by atoms with van der Waals surface area (Å²) in [4.78, 5) is 14.0. The van der Waals surface area contributed by atoms with Gasteiger partial charge in [0, 0.05) is 30.2 Å². The number of halogens is 2. The fourth-order valence-corrected chi connectivity index (χ4v) is 2.29. The van der Waals surface area contributed by atoms with Crippen LogP contribution in [0.1, 0.15) is 13.8 Å². The van der Waals surface area contributed by atoms with Crippen LogP contribution in [0.5, 0.6) is 5.75 Å². The highest BCUT2D eigenvalue weighted by Crippen LogP contribution is 2.16. The number of rotatable bonds is 3. The van der Waals surface area contributed by atoms with Gasteiger partial charge in [-0.25, -0.2) is 0 Å². The molecule has 1 fully saturated rings. The number of amides is 1. The second-order valence-corrected chi connectivity index (χ2v) is 5.25. The minimum absolute atomic E-state index is 0. The number of hydrogen-bond acceptors (Lipinski definition) is 3. The second kappa shape index (κ2) is 7.72. The molecule has 2 atom stereocenters. The molecule has 0 aromatic heterocycles. The Kier molecular flexibility index (Phi) is 6.59. The van der Waals surface area contributed by atoms with Gasteiger partial charge in [-0.3, -0.25) is 4.79 Å². The molecule has 0 saturated carbocycles. The Bertz CT molecular complexity index is 439. The van der Waals surface area contributed by atoms with Crippen LogP contribution in [-0.4, -0.2) is 42.6 Å². The highest BCUT2D eigenvalue weighted by molar-refractivity contribution is 6.30. The Hall–Kier alpha value is -0.970. The smallest absolute Gasteiger partial charge is 0.260 e. The molecule has 0 spiro atoms. The molecule has 0 bridgehead atoms. The molecule has 1 aliphatic rings. The van der Waals surface area contributed by atoms with Crippen molar-refractivity contribution in [1.82, 2.24) is 10.2 Å². The van der Waals surface area contributed by atoms with E-state index >= 15 is 0 Å². The number of piperazine rings is 1. The number of carbonyl (C=O) groups is 1. The fraction of sp³-hybridized carbons (Fsp3) is 0.500. The van der Waals surface area contributed by atoms with Crippen LogP contribution >= 0.6 is 24.0 Å². The van der Waals surface area contributed by atoms with Crippen molar-refractivity contribution in [1.29, 1.82) is 0 Å². The van der Waals surface area contributed by atoms with Crippen molar-refractivity contribution < 1.29 is 9.53 Å². The van der Waals surface area contributed by atoms with E-state index in [0.29, 0.717) is 16.8 Å². The molecule has 1 aromatic carbocycles. The predicted octanol–water partition coefficient (Wildman–Crippen LogP) is 2.35. The number of nitrogens with one attached hydrogen (secondary N) is 1. The van der Waals surface area contributed by atoms with Gasteiger partial charge in [0.25, 0.3) is 5.91 Å². The van der Waals surface area contributed by atoms with Gasteiger partial charge in [0.2, 0.25) is 0 Å². The van der Waals surface area contributed by atoms with Crippen molar-refractivity contribution in [3.63, 3.8) is 0 Å². The molecule has 20 heavy (non-hydrogen) atoms. The van der Waals surface area contributed by atoms with E-state index in [1.165, 1.54) is 0 Å². The molecule has 1 heterocycles. The van der Waals surface area contributed by atoms with Gasteiger partial charge in [0.15, 0.2) is 6.61 Å². The first kappa shape index (κ1) is 17.1. The molecule has 112 valence electrons. The maximum atomic E-state index is 12.1. The molecule has 0 aliphatic carbocycles. The van der Waals surface area contributed by atoms with Crippen LogP contribution in [0, 0.1) is 0 Å². The van der Waals surface area contributed by atoms with E-state index in [0.717, 1.165) is 13.1 Å². The van der Waals surface area contributed by atoms with Crippen LogP contribution in [0.2, 0.25) is 5.02 Å². The van der Waals surface area contributed by atoms with Crippen molar-refractivity contribution in [2.75, 3.05) is 19.7 Å². The van der Waals surface area contributed by atoms with E-state index in [2.05, 4.69) is 19.2 Å². The molecule has 0 radical (unpaired) electrons. The fourth-order valence-electron chi connectivity index (χ4n) is 2.17. The summed E-state index contributed by atoms with van der Waals surface area (Å²) in [7, 11) is 0. The summed E-state index contributed by atoms with van der Waals surface area (Å²) in [6.45, 7) is 5.77. The van der Waals surface area contributed by atoms with Crippen molar-refractivity contribution in [3.05, 3.63) is 29.3 Å². The Labute approximate surface area is 130 Å². The van der Waals surface area contributed by atoms with Gasteiger partial charge in [0.1, 0.15) is 5.75 Å². The minimum atomic E-state index is 0. The maximum Gasteiger partial charge on any atom is 0.260 e. The third-order valence-electron chi connectivity index (χ3n) is 3.53. The zero-order valence-corrected chi connectivity index (χ0v) is 13.2. The third-order valence-corrected chi connectivity index (χ3v) is 3.78. The lowest BCUT2D eigenvalue weighted by atomic mass is 10.1. The van der Waals surface area contributed by atoms with Crippen LogP contribution in [0.15, 0.2) is 24.3 Å². The van der Waals surface area contributed by atoms with E-state index in [-0.39, 0.29) is 31.0 Å². The monoisotopic (exact) mass is 318 g/mol. The van der Waals surface area contributed by atoms with Crippen LogP contribution < -0.4 is 10.1 Å². The summed E-state index contributed by atoms with van der Waals surface area (Å²) in [6, 6.07) is 7.52. The van der Waals surface area contributed by atoms with Gasteiger partial charge in [0.05, 0.1) is 0 Å². The SMILES string of the molecule is CC1NCCN(C(=O)COc2ccc(Cl)cc2)C1C.Cl. The van der Waals surface area contributed by atoms with E-state index < -0.39 is 0 Å². The quantitative estimate of drug-likeness (QED) is 0.930. The summed E-state index contributed by atoms with van der Waals surface area (Å²) in [5, 5.41) is 4.00. The minimum Gasteiger partial charge on any atom is -0.484 e. The molecule has 2 unspecified atom stereocenters. The zero-order valence-electron chi connectivity index (χ0n) is 11.6. The van der Waals surface area contributed by atoms with E-state index in [4.69, 9.17) is 16.3 Å². The molecule has 1 amide bonds. The Morgan fingerprint density at radius 3 is 2.70 bits per heavy atom. The van der Waals surface area contributed by atoms with Crippen molar-refractivity contribution in [2.24, 2.45) is 0 Å². The maximum absolute atomic E-state index is 12.1. The Morgan fingerprint density at radius 1 is 1.40 bits per heavy atom. The lowest BCUT2D eigenvalue weighted by Crippen LogP contribution is -2.58. The molecule has 2 rings (SSSR count). The molecule has 6 heteroatoms. The normalized spacial score (nSPS) is 22.1. The lowest BCUT2D eigenvalue weighted by molar-refractivity contribution is -0.137. The van der Waals surface area contributed by atoms with Crippen molar-refractivity contribution in [3.8, 4) is 5.75 Å². The Morgan fingerprint density at radius 2 is 2.05 bits per heavy atom. The van der Waals surface area contributed by atoms with Gasteiger partial charge < -0.3 is 15.0 Å². The van der Waals surface area contributed by atoms with Gasteiger partial charge in [-0.15, -0.1) is 12.4 Å². The van der Waals surface area contributed by atoms with Crippen LogP contribution in [0.3, 0.4) is 0 Å². The zero-order chi connectivity index (χ0) is 13.8. The number of ether oxygens (including phenoxy) is 1. The van der Waals surface area contributed by atoms with Crippen LogP contribution in [0.4, 0.5) is 0 Å². The topological polar surface area (TPSA) is 41.6 Å². The number of carbonyl (C=O) groups excluding carboxylic acids is 1. The molecular weight excluding hydrogens is 299 g/mol. The van der Waals surface area contributed by atoms with Gasteiger partial charge in [-0.2, -0.15) is 0 Å². The molecule has 1 aromatic rings. The summed E-state index contributed by atoms with van der Waals surface area (Å²) in [6.07, 6.45) is 0. The second-order valence-electron chi connectivity index (χ2n) is 4.81. The highest BCUT2D eigenvalue weighted by atomic mass is 35.5.